The molecule has 1 N–H and O–H groups in total. The van der Waals surface area contributed by atoms with Gasteiger partial charge in [0.2, 0.25) is 0 Å². The van der Waals surface area contributed by atoms with Gasteiger partial charge in [-0.3, -0.25) is 4.57 Å². The van der Waals surface area contributed by atoms with Crippen molar-refractivity contribution < 1.29 is 13.5 Å². The van der Waals surface area contributed by atoms with E-state index in [0.717, 1.165) is 12.1 Å². The van der Waals surface area contributed by atoms with Gasteiger partial charge in [0.05, 0.1) is 28.3 Å². The molecule has 0 fully saturated rings. The standard InChI is InChI=1S/C14H9BrF2N2OS/c1-20-7-2-3-11-13(4-7)19(14(21)18-11)12-6-9(16)8(15)5-10(12)17/h2-6H,1H3,(H,18,21). The maximum Gasteiger partial charge on any atom is 0.182 e. The van der Waals surface area contributed by atoms with Crippen LogP contribution in [0.4, 0.5) is 8.78 Å². The first-order chi connectivity index (χ1) is 10.0. The van der Waals surface area contributed by atoms with Crippen LogP contribution < -0.4 is 4.74 Å². The summed E-state index contributed by atoms with van der Waals surface area (Å²) in [6.45, 7) is 0. The van der Waals surface area contributed by atoms with E-state index in [4.69, 9.17) is 17.0 Å². The number of aromatic amines is 1. The number of H-pyrrole nitrogens is 1. The average Bonchev–Trinajstić information content (AvgIpc) is 2.78. The topological polar surface area (TPSA) is 29.9 Å². The Bertz CT molecular complexity index is 904. The van der Waals surface area contributed by atoms with Crippen LogP contribution in [0.2, 0.25) is 0 Å². The summed E-state index contributed by atoms with van der Waals surface area (Å²) in [6, 6.07) is 7.42. The summed E-state index contributed by atoms with van der Waals surface area (Å²) in [6.07, 6.45) is 0. The van der Waals surface area contributed by atoms with E-state index in [1.54, 1.807) is 18.2 Å². The summed E-state index contributed by atoms with van der Waals surface area (Å²) in [5.41, 5.74) is 1.36. The number of imidazole rings is 1. The Labute approximate surface area is 132 Å². The zero-order valence-electron chi connectivity index (χ0n) is 10.8. The Morgan fingerprint density at radius 2 is 1.95 bits per heavy atom. The number of rotatable bonds is 2. The van der Waals surface area contributed by atoms with E-state index in [1.807, 2.05) is 0 Å². The first-order valence-corrected chi connectivity index (χ1v) is 7.15. The third-order valence-electron chi connectivity index (χ3n) is 3.12. The zero-order chi connectivity index (χ0) is 15.1. The monoisotopic (exact) mass is 370 g/mol. The van der Waals surface area contributed by atoms with E-state index < -0.39 is 11.6 Å². The summed E-state index contributed by atoms with van der Waals surface area (Å²) < 4.78 is 34.8. The Hall–Kier alpha value is -1.73. The molecule has 3 rings (SSSR count). The summed E-state index contributed by atoms with van der Waals surface area (Å²) >= 11 is 8.17. The quantitative estimate of drug-likeness (QED) is 0.521. The van der Waals surface area contributed by atoms with Gasteiger partial charge in [-0.05, 0) is 46.3 Å². The lowest BCUT2D eigenvalue weighted by Crippen LogP contribution is -1.99. The maximum absolute atomic E-state index is 14.2. The van der Waals surface area contributed by atoms with E-state index in [-0.39, 0.29) is 14.9 Å². The van der Waals surface area contributed by atoms with Gasteiger partial charge in [-0.25, -0.2) is 8.78 Å². The molecular formula is C14H9BrF2N2OS. The van der Waals surface area contributed by atoms with Gasteiger partial charge in [0, 0.05) is 12.1 Å². The molecule has 0 aliphatic heterocycles. The number of nitrogens with zero attached hydrogens (tertiary/aromatic N) is 1. The minimum absolute atomic E-state index is 0.0419. The molecule has 3 nitrogen and oxygen atoms in total. The predicted octanol–water partition coefficient (Wildman–Crippen LogP) is 4.74. The highest BCUT2D eigenvalue weighted by Gasteiger charge is 2.14. The molecule has 0 bridgehead atoms. The summed E-state index contributed by atoms with van der Waals surface area (Å²) in [5.74, 6) is -0.545. The molecule has 0 aliphatic rings. The van der Waals surface area contributed by atoms with Crippen molar-refractivity contribution in [3.8, 4) is 11.4 Å². The van der Waals surface area contributed by atoms with Gasteiger partial charge in [-0.2, -0.15) is 0 Å². The van der Waals surface area contributed by atoms with Crippen molar-refractivity contribution in [2.24, 2.45) is 0 Å². The second-order valence-electron chi connectivity index (χ2n) is 4.37. The van der Waals surface area contributed by atoms with Crippen LogP contribution in [-0.4, -0.2) is 16.7 Å². The number of halogens is 3. The Morgan fingerprint density at radius 3 is 2.67 bits per heavy atom. The van der Waals surface area contributed by atoms with Gasteiger partial charge in [0.1, 0.15) is 17.4 Å². The van der Waals surface area contributed by atoms with Crippen LogP contribution in [-0.2, 0) is 0 Å². The van der Waals surface area contributed by atoms with Crippen molar-refractivity contribution in [1.29, 1.82) is 0 Å². The lowest BCUT2D eigenvalue weighted by Gasteiger charge is -2.08. The van der Waals surface area contributed by atoms with Crippen LogP contribution in [0.3, 0.4) is 0 Å². The second kappa shape index (κ2) is 5.23. The normalized spacial score (nSPS) is 11.0. The fraction of sp³-hybridized carbons (Fsp3) is 0.0714. The SMILES string of the molecule is COc1ccc2[nH]c(=S)n(-c3cc(F)c(Br)cc3F)c2c1. The lowest BCUT2D eigenvalue weighted by atomic mass is 10.2. The van der Waals surface area contributed by atoms with Crippen LogP contribution in [0.25, 0.3) is 16.7 Å². The smallest absolute Gasteiger partial charge is 0.182 e. The number of ether oxygens (including phenoxy) is 1. The van der Waals surface area contributed by atoms with Crippen molar-refractivity contribution in [2.75, 3.05) is 7.11 Å². The molecule has 7 heteroatoms. The molecule has 21 heavy (non-hydrogen) atoms. The Balaban J connectivity index is 2.36. The van der Waals surface area contributed by atoms with Gasteiger partial charge in [0.25, 0.3) is 0 Å². The van der Waals surface area contributed by atoms with Crippen LogP contribution in [0.15, 0.2) is 34.8 Å². The van der Waals surface area contributed by atoms with Crippen molar-refractivity contribution in [1.82, 2.24) is 9.55 Å². The minimum Gasteiger partial charge on any atom is -0.497 e. The summed E-state index contributed by atoms with van der Waals surface area (Å²) in [4.78, 5) is 2.96. The van der Waals surface area contributed by atoms with Gasteiger partial charge in [0.15, 0.2) is 4.77 Å². The fourth-order valence-electron chi connectivity index (χ4n) is 2.13. The summed E-state index contributed by atoms with van der Waals surface area (Å²) in [5, 5.41) is 0. The molecule has 0 radical (unpaired) electrons. The maximum atomic E-state index is 14.2. The largest absolute Gasteiger partial charge is 0.497 e. The zero-order valence-corrected chi connectivity index (χ0v) is 13.2. The van der Waals surface area contributed by atoms with E-state index in [1.165, 1.54) is 11.7 Å². The highest BCUT2D eigenvalue weighted by atomic mass is 79.9. The molecule has 0 atom stereocenters. The van der Waals surface area contributed by atoms with E-state index in [0.29, 0.717) is 16.8 Å². The van der Waals surface area contributed by atoms with E-state index in [2.05, 4.69) is 20.9 Å². The molecule has 0 spiro atoms. The van der Waals surface area contributed by atoms with Gasteiger partial charge in [-0.15, -0.1) is 0 Å². The van der Waals surface area contributed by atoms with Crippen molar-refractivity contribution >= 4 is 39.2 Å². The number of fused-ring (bicyclic) bond motifs is 1. The molecular weight excluding hydrogens is 362 g/mol. The van der Waals surface area contributed by atoms with Crippen molar-refractivity contribution in [3.63, 3.8) is 0 Å². The summed E-state index contributed by atoms with van der Waals surface area (Å²) in [7, 11) is 1.53. The molecule has 2 aromatic carbocycles. The number of benzene rings is 2. The first kappa shape index (κ1) is 14.2. The van der Waals surface area contributed by atoms with Crippen LogP contribution in [0.1, 0.15) is 0 Å². The molecule has 0 aliphatic carbocycles. The third-order valence-corrected chi connectivity index (χ3v) is 4.01. The second-order valence-corrected chi connectivity index (χ2v) is 5.61. The highest BCUT2D eigenvalue weighted by Crippen LogP contribution is 2.28. The van der Waals surface area contributed by atoms with Gasteiger partial charge < -0.3 is 9.72 Å². The number of hydrogen-bond donors (Lipinski definition) is 1. The molecule has 0 amide bonds. The van der Waals surface area contributed by atoms with Crippen molar-refractivity contribution in [3.05, 3.63) is 51.2 Å². The number of methoxy groups -OCH3 is 1. The number of nitrogens with one attached hydrogen (secondary N) is 1. The minimum atomic E-state index is -0.580. The van der Waals surface area contributed by atoms with Gasteiger partial charge >= 0.3 is 0 Å². The van der Waals surface area contributed by atoms with Crippen LogP contribution >= 0.6 is 28.1 Å². The molecule has 0 unspecified atom stereocenters. The molecule has 1 heterocycles. The molecule has 1 aromatic heterocycles. The first-order valence-electron chi connectivity index (χ1n) is 5.95. The number of hydrogen-bond acceptors (Lipinski definition) is 2. The molecule has 3 aromatic rings. The predicted molar refractivity (Wildman–Crippen MR) is 82.6 cm³/mol. The molecule has 108 valence electrons. The van der Waals surface area contributed by atoms with Crippen molar-refractivity contribution in [2.45, 2.75) is 0 Å². The fourth-order valence-corrected chi connectivity index (χ4v) is 2.75. The van der Waals surface area contributed by atoms with E-state index >= 15 is 0 Å². The Kier molecular flexibility index (Phi) is 3.54. The highest BCUT2D eigenvalue weighted by molar-refractivity contribution is 9.10. The van der Waals surface area contributed by atoms with E-state index in [9.17, 15) is 8.78 Å². The van der Waals surface area contributed by atoms with Gasteiger partial charge in [-0.1, -0.05) is 0 Å². The van der Waals surface area contributed by atoms with Crippen LogP contribution in [0, 0.1) is 16.4 Å². The Morgan fingerprint density at radius 1 is 1.19 bits per heavy atom. The van der Waals surface area contributed by atoms with Crippen LogP contribution in [0.5, 0.6) is 5.75 Å². The average molecular weight is 371 g/mol. The molecule has 0 saturated heterocycles. The molecule has 0 saturated carbocycles. The number of aromatic nitrogens is 2. The third kappa shape index (κ3) is 2.36. The lowest BCUT2D eigenvalue weighted by molar-refractivity contribution is 0.415.